The number of hydrogen-bond acceptors (Lipinski definition) is 3. The molecule has 4 nitrogen and oxygen atoms in total. The van der Waals surface area contributed by atoms with Crippen LogP contribution in [-0.4, -0.2) is 17.7 Å². The first-order valence-electron chi connectivity index (χ1n) is 4.80. The predicted molar refractivity (Wildman–Crippen MR) is 57.8 cm³/mol. The number of benzene rings is 1. The number of carboxylic acid groups (broad SMARTS) is 1. The Balaban J connectivity index is 2.35. The fraction of sp³-hybridized carbons (Fsp3) is 0.364. The van der Waals surface area contributed by atoms with E-state index in [1.165, 1.54) is 0 Å². The van der Waals surface area contributed by atoms with Crippen LogP contribution in [0.5, 0.6) is 5.75 Å². The van der Waals surface area contributed by atoms with E-state index < -0.39 is 5.97 Å². The maximum absolute atomic E-state index is 10.5. The van der Waals surface area contributed by atoms with Crippen molar-refractivity contribution in [3.05, 3.63) is 24.3 Å². The van der Waals surface area contributed by atoms with Crippen LogP contribution >= 0.6 is 0 Å². The molecule has 1 atom stereocenters. The Hall–Kier alpha value is -1.71. The zero-order valence-electron chi connectivity index (χ0n) is 8.64. The molecule has 0 saturated carbocycles. The third-order valence-corrected chi connectivity index (χ3v) is 2.10. The van der Waals surface area contributed by atoms with Gasteiger partial charge in [-0.3, -0.25) is 4.79 Å². The largest absolute Gasteiger partial charge is 0.493 e. The lowest BCUT2D eigenvalue weighted by atomic mass is 10.1. The molecule has 0 heterocycles. The highest BCUT2D eigenvalue weighted by Crippen LogP contribution is 2.15. The van der Waals surface area contributed by atoms with Gasteiger partial charge in [-0.15, -0.1) is 0 Å². The topological polar surface area (TPSA) is 72.5 Å². The van der Waals surface area contributed by atoms with E-state index in [-0.39, 0.29) is 5.92 Å². The van der Waals surface area contributed by atoms with Gasteiger partial charge in [0.25, 0.3) is 0 Å². The molecule has 0 bridgehead atoms. The highest BCUT2D eigenvalue weighted by Gasteiger charge is 2.10. The van der Waals surface area contributed by atoms with E-state index in [4.69, 9.17) is 15.6 Å². The van der Waals surface area contributed by atoms with Crippen LogP contribution in [0.3, 0.4) is 0 Å². The van der Waals surface area contributed by atoms with E-state index in [0.29, 0.717) is 24.5 Å². The van der Waals surface area contributed by atoms with Crippen molar-refractivity contribution in [1.82, 2.24) is 0 Å². The summed E-state index contributed by atoms with van der Waals surface area (Å²) in [5, 5.41) is 8.65. The van der Waals surface area contributed by atoms with Gasteiger partial charge in [-0.25, -0.2) is 0 Å². The Morgan fingerprint density at radius 3 is 2.93 bits per heavy atom. The number of nitrogens with two attached hydrogens (primary N) is 1. The molecule has 1 rings (SSSR count). The highest BCUT2D eigenvalue weighted by molar-refractivity contribution is 5.69. The van der Waals surface area contributed by atoms with Crippen LogP contribution in [0, 0.1) is 5.92 Å². The van der Waals surface area contributed by atoms with E-state index >= 15 is 0 Å². The van der Waals surface area contributed by atoms with Gasteiger partial charge >= 0.3 is 5.97 Å². The summed E-state index contributed by atoms with van der Waals surface area (Å²) in [5.41, 5.74) is 6.20. The first kappa shape index (κ1) is 11.4. The van der Waals surface area contributed by atoms with Crippen LogP contribution in [0.25, 0.3) is 0 Å². The molecule has 0 aliphatic heterocycles. The SMILES string of the molecule is CC(CCOc1cccc(N)c1)C(=O)O. The average molecular weight is 209 g/mol. The molecule has 0 aliphatic rings. The summed E-state index contributed by atoms with van der Waals surface area (Å²) in [5.74, 6) is -0.509. The lowest BCUT2D eigenvalue weighted by Crippen LogP contribution is -2.13. The monoisotopic (exact) mass is 209 g/mol. The zero-order valence-corrected chi connectivity index (χ0v) is 8.64. The van der Waals surface area contributed by atoms with Crippen molar-refractivity contribution in [2.75, 3.05) is 12.3 Å². The van der Waals surface area contributed by atoms with E-state index in [9.17, 15) is 4.79 Å². The van der Waals surface area contributed by atoms with Crippen molar-refractivity contribution < 1.29 is 14.6 Å². The predicted octanol–water partition coefficient (Wildman–Crippen LogP) is 1.76. The Morgan fingerprint density at radius 2 is 2.33 bits per heavy atom. The van der Waals surface area contributed by atoms with Gasteiger partial charge in [-0.05, 0) is 18.6 Å². The molecule has 1 unspecified atom stereocenters. The summed E-state index contributed by atoms with van der Waals surface area (Å²) in [6.45, 7) is 2.04. The number of aliphatic carboxylic acids is 1. The third kappa shape index (κ3) is 3.89. The molecule has 0 amide bonds. The van der Waals surface area contributed by atoms with Crippen molar-refractivity contribution >= 4 is 11.7 Å². The quantitative estimate of drug-likeness (QED) is 0.725. The van der Waals surface area contributed by atoms with Gasteiger partial charge in [0.2, 0.25) is 0 Å². The Kier molecular flexibility index (Phi) is 3.97. The van der Waals surface area contributed by atoms with Gasteiger partial charge in [0, 0.05) is 11.8 Å². The summed E-state index contributed by atoms with van der Waals surface area (Å²) in [6.07, 6.45) is 0.490. The van der Waals surface area contributed by atoms with Crippen molar-refractivity contribution in [1.29, 1.82) is 0 Å². The summed E-state index contributed by atoms with van der Waals surface area (Å²) in [6, 6.07) is 7.07. The van der Waals surface area contributed by atoms with E-state index in [1.807, 2.05) is 0 Å². The Morgan fingerprint density at radius 1 is 1.60 bits per heavy atom. The molecule has 0 spiro atoms. The molecule has 0 fully saturated rings. The number of rotatable bonds is 5. The van der Waals surface area contributed by atoms with Crippen LogP contribution in [0.2, 0.25) is 0 Å². The molecule has 0 saturated heterocycles. The average Bonchev–Trinajstić information content (AvgIpc) is 2.17. The Bertz CT molecular complexity index is 338. The molecule has 15 heavy (non-hydrogen) atoms. The molecule has 3 N–H and O–H groups in total. The highest BCUT2D eigenvalue weighted by atomic mass is 16.5. The van der Waals surface area contributed by atoms with E-state index in [0.717, 1.165) is 0 Å². The molecular weight excluding hydrogens is 194 g/mol. The minimum Gasteiger partial charge on any atom is -0.493 e. The van der Waals surface area contributed by atoms with Crippen molar-refractivity contribution in [3.8, 4) is 5.75 Å². The number of anilines is 1. The van der Waals surface area contributed by atoms with E-state index in [2.05, 4.69) is 0 Å². The van der Waals surface area contributed by atoms with Gasteiger partial charge in [0.1, 0.15) is 5.75 Å². The van der Waals surface area contributed by atoms with Gasteiger partial charge in [-0.1, -0.05) is 13.0 Å². The van der Waals surface area contributed by atoms with Crippen LogP contribution in [0.1, 0.15) is 13.3 Å². The molecule has 0 radical (unpaired) electrons. The van der Waals surface area contributed by atoms with E-state index in [1.54, 1.807) is 31.2 Å². The normalized spacial score (nSPS) is 12.1. The van der Waals surface area contributed by atoms with Gasteiger partial charge in [0.05, 0.1) is 12.5 Å². The second kappa shape index (κ2) is 5.24. The van der Waals surface area contributed by atoms with Crippen molar-refractivity contribution in [2.24, 2.45) is 5.92 Å². The van der Waals surface area contributed by atoms with Crippen LogP contribution in [-0.2, 0) is 4.79 Å². The summed E-state index contributed by atoms with van der Waals surface area (Å²) >= 11 is 0. The summed E-state index contributed by atoms with van der Waals surface area (Å²) < 4.78 is 5.36. The third-order valence-electron chi connectivity index (χ3n) is 2.10. The molecule has 4 heteroatoms. The molecule has 0 aliphatic carbocycles. The van der Waals surface area contributed by atoms with Crippen molar-refractivity contribution in [3.63, 3.8) is 0 Å². The lowest BCUT2D eigenvalue weighted by molar-refractivity contribution is -0.141. The number of carboxylic acids is 1. The van der Waals surface area contributed by atoms with Gasteiger partial charge in [0.15, 0.2) is 0 Å². The maximum Gasteiger partial charge on any atom is 0.306 e. The zero-order chi connectivity index (χ0) is 11.3. The first-order chi connectivity index (χ1) is 7.09. The fourth-order valence-corrected chi connectivity index (χ4v) is 1.08. The number of carbonyl (C=O) groups is 1. The minimum absolute atomic E-state index is 0.383. The second-order valence-electron chi connectivity index (χ2n) is 3.45. The smallest absolute Gasteiger partial charge is 0.306 e. The molecule has 1 aromatic carbocycles. The number of hydrogen-bond donors (Lipinski definition) is 2. The van der Waals surface area contributed by atoms with Gasteiger partial charge < -0.3 is 15.6 Å². The maximum atomic E-state index is 10.5. The molecular formula is C11H15NO3. The standard InChI is InChI=1S/C11H15NO3/c1-8(11(13)14)5-6-15-10-4-2-3-9(12)7-10/h2-4,7-8H,5-6,12H2,1H3,(H,13,14). The number of nitrogen functional groups attached to an aromatic ring is 1. The fourth-order valence-electron chi connectivity index (χ4n) is 1.08. The molecule has 0 aromatic heterocycles. The van der Waals surface area contributed by atoms with Gasteiger partial charge in [-0.2, -0.15) is 0 Å². The molecule has 82 valence electrons. The minimum atomic E-state index is -0.800. The number of ether oxygens (including phenoxy) is 1. The van der Waals surface area contributed by atoms with Crippen LogP contribution in [0.15, 0.2) is 24.3 Å². The summed E-state index contributed by atoms with van der Waals surface area (Å²) in [4.78, 5) is 10.5. The van der Waals surface area contributed by atoms with Crippen molar-refractivity contribution in [2.45, 2.75) is 13.3 Å². The molecule has 1 aromatic rings. The van der Waals surface area contributed by atoms with Crippen LogP contribution in [0.4, 0.5) is 5.69 Å². The summed E-state index contributed by atoms with van der Waals surface area (Å²) in [7, 11) is 0. The first-order valence-corrected chi connectivity index (χ1v) is 4.80. The Labute approximate surface area is 88.7 Å². The second-order valence-corrected chi connectivity index (χ2v) is 3.45. The lowest BCUT2D eigenvalue weighted by Gasteiger charge is -2.08. The van der Waals surface area contributed by atoms with Crippen LogP contribution < -0.4 is 10.5 Å².